The molecule has 0 fully saturated rings. The summed E-state index contributed by atoms with van der Waals surface area (Å²) in [5.41, 5.74) is 2.35. The first-order chi connectivity index (χ1) is 9.11. The summed E-state index contributed by atoms with van der Waals surface area (Å²) < 4.78 is 6.93. The van der Waals surface area contributed by atoms with Crippen LogP contribution in [0.4, 0.5) is 0 Å². The predicted molar refractivity (Wildman–Crippen MR) is 81.9 cm³/mol. The standard InChI is InChI=1S/C16H18BrNO/c1-4-11(2)13-7-5-6-8-15(13)19-16-9-12(3)14(17)10-18-16/h5-11H,4H2,1-3H3. The van der Waals surface area contributed by atoms with Gasteiger partial charge in [0, 0.05) is 16.7 Å². The van der Waals surface area contributed by atoms with Crippen LogP contribution in [0.5, 0.6) is 11.6 Å². The molecule has 0 aliphatic rings. The molecule has 0 aliphatic heterocycles. The molecule has 2 rings (SSSR count). The van der Waals surface area contributed by atoms with Crippen LogP contribution in [-0.2, 0) is 0 Å². The van der Waals surface area contributed by atoms with Gasteiger partial charge in [-0.15, -0.1) is 0 Å². The Labute approximate surface area is 123 Å². The normalized spacial score (nSPS) is 12.2. The van der Waals surface area contributed by atoms with Crippen LogP contribution in [0.15, 0.2) is 41.0 Å². The molecule has 0 saturated heterocycles. The number of hydrogen-bond acceptors (Lipinski definition) is 2. The Balaban J connectivity index is 2.30. The Hall–Kier alpha value is -1.35. The van der Waals surface area contributed by atoms with E-state index in [0.717, 1.165) is 22.2 Å². The number of hydrogen-bond donors (Lipinski definition) is 0. The Morgan fingerprint density at radius 1 is 1.32 bits per heavy atom. The molecule has 0 radical (unpaired) electrons. The smallest absolute Gasteiger partial charge is 0.219 e. The predicted octanol–water partition coefficient (Wildman–Crippen LogP) is 5.46. The van der Waals surface area contributed by atoms with Gasteiger partial charge in [0.05, 0.1) is 0 Å². The van der Waals surface area contributed by atoms with E-state index in [1.807, 2.05) is 25.1 Å². The van der Waals surface area contributed by atoms with Crippen molar-refractivity contribution in [2.75, 3.05) is 0 Å². The van der Waals surface area contributed by atoms with Crippen LogP contribution >= 0.6 is 15.9 Å². The number of para-hydroxylation sites is 1. The second-order valence-electron chi connectivity index (χ2n) is 4.72. The van der Waals surface area contributed by atoms with Crippen molar-refractivity contribution >= 4 is 15.9 Å². The van der Waals surface area contributed by atoms with Crippen molar-refractivity contribution in [1.82, 2.24) is 4.98 Å². The summed E-state index contributed by atoms with van der Waals surface area (Å²) in [6.07, 6.45) is 2.86. The lowest BCUT2D eigenvalue weighted by Crippen LogP contribution is -1.97. The molecular formula is C16H18BrNO. The minimum atomic E-state index is 0.479. The molecule has 3 heteroatoms. The Morgan fingerprint density at radius 3 is 2.74 bits per heavy atom. The van der Waals surface area contributed by atoms with E-state index < -0.39 is 0 Å². The fraction of sp³-hybridized carbons (Fsp3) is 0.312. The van der Waals surface area contributed by atoms with Gasteiger partial charge < -0.3 is 4.74 Å². The third kappa shape index (κ3) is 3.35. The van der Waals surface area contributed by atoms with Crippen LogP contribution in [0.1, 0.15) is 37.3 Å². The minimum Gasteiger partial charge on any atom is -0.439 e. The van der Waals surface area contributed by atoms with Crippen molar-refractivity contribution in [3.63, 3.8) is 0 Å². The zero-order valence-electron chi connectivity index (χ0n) is 11.5. The molecule has 1 aromatic carbocycles. The second kappa shape index (κ2) is 6.20. The third-order valence-electron chi connectivity index (χ3n) is 3.30. The quantitative estimate of drug-likeness (QED) is 0.746. The highest BCUT2D eigenvalue weighted by atomic mass is 79.9. The van der Waals surface area contributed by atoms with Crippen LogP contribution in [0.25, 0.3) is 0 Å². The first-order valence-electron chi connectivity index (χ1n) is 6.50. The highest BCUT2D eigenvalue weighted by Crippen LogP contribution is 2.32. The summed E-state index contributed by atoms with van der Waals surface area (Å²) >= 11 is 3.45. The maximum absolute atomic E-state index is 5.94. The number of nitrogens with zero attached hydrogens (tertiary/aromatic N) is 1. The van der Waals surface area contributed by atoms with E-state index in [-0.39, 0.29) is 0 Å². The van der Waals surface area contributed by atoms with Crippen LogP contribution in [0.3, 0.4) is 0 Å². The van der Waals surface area contributed by atoms with E-state index in [2.05, 4.69) is 46.9 Å². The zero-order valence-corrected chi connectivity index (χ0v) is 13.1. The highest BCUT2D eigenvalue weighted by Gasteiger charge is 2.11. The molecule has 1 atom stereocenters. The van der Waals surface area contributed by atoms with E-state index >= 15 is 0 Å². The van der Waals surface area contributed by atoms with Crippen LogP contribution in [0.2, 0.25) is 0 Å². The van der Waals surface area contributed by atoms with Gasteiger partial charge in [0.2, 0.25) is 5.88 Å². The molecule has 0 aliphatic carbocycles. The monoisotopic (exact) mass is 319 g/mol. The average Bonchev–Trinajstić information content (AvgIpc) is 2.43. The van der Waals surface area contributed by atoms with Gasteiger partial charge in [-0.3, -0.25) is 0 Å². The first kappa shape index (κ1) is 14.1. The van der Waals surface area contributed by atoms with Crippen molar-refractivity contribution < 1.29 is 4.74 Å². The molecule has 0 saturated carbocycles. The van der Waals surface area contributed by atoms with Gasteiger partial charge in [0.25, 0.3) is 0 Å². The molecule has 1 aromatic heterocycles. The van der Waals surface area contributed by atoms with Crippen molar-refractivity contribution in [2.45, 2.75) is 33.1 Å². The lowest BCUT2D eigenvalue weighted by atomic mass is 9.98. The largest absolute Gasteiger partial charge is 0.439 e. The number of ether oxygens (including phenoxy) is 1. The molecule has 2 aromatic rings. The number of pyridine rings is 1. The van der Waals surface area contributed by atoms with E-state index in [9.17, 15) is 0 Å². The topological polar surface area (TPSA) is 22.1 Å². The Kier molecular flexibility index (Phi) is 4.59. The van der Waals surface area contributed by atoms with E-state index in [1.165, 1.54) is 5.56 Å². The summed E-state index contributed by atoms with van der Waals surface area (Å²) in [5.74, 6) is 2.01. The fourth-order valence-corrected chi connectivity index (χ4v) is 2.10. The summed E-state index contributed by atoms with van der Waals surface area (Å²) in [6, 6.07) is 10.1. The van der Waals surface area contributed by atoms with E-state index in [0.29, 0.717) is 11.8 Å². The van der Waals surface area contributed by atoms with Gasteiger partial charge in [-0.05, 0) is 52.4 Å². The highest BCUT2D eigenvalue weighted by molar-refractivity contribution is 9.10. The van der Waals surface area contributed by atoms with Gasteiger partial charge in [-0.1, -0.05) is 32.0 Å². The van der Waals surface area contributed by atoms with Crippen molar-refractivity contribution in [3.8, 4) is 11.6 Å². The fourth-order valence-electron chi connectivity index (χ4n) is 1.88. The molecule has 2 nitrogen and oxygen atoms in total. The SMILES string of the molecule is CCC(C)c1ccccc1Oc1cc(C)c(Br)cn1. The van der Waals surface area contributed by atoms with Gasteiger partial charge >= 0.3 is 0 Å². The molecule has 0 N–H and O–H groups in total. The van der Waals surface area contributed by atoms with Gasteiger partial charge in [-0.25, -0.2) is 4.98 Å². The number of benzene rings is 1. The summed E-state index contributed by atoms with van der Waals surface area (Å²) in [5, 5.41) is 0. The third-order valence-corrected chi connectivity index (χ3v) is 4.13. The molecule has 100 valence electrons. The summed E-state index contributed by atoms with van der Waals surface area (Å²) in [6.45, 7) is 6.42. The molecular weight excluding hydrogens is 302 g/mol. The van der Waals surface area contributed by atoms with E-state index in [1.54, 1.807) is 6.20 Å². The number of halogens is 1. The average molecular weight is 320 g/mol. The van der Waals surface area contributed by atoms with Crippen molar-refractivity contribution in [2.24, 2.45) is 0 Å². The maximum atomic E-state index is 5.94. The van der Waals surface area contributed by atoms with Crippen LogP contribution in [0, 0.1) is 6.92 Å². The minimum absolute atomic E-state index is 0.479. The molecule has 19 heavy (non-hydrogen) atoms. The van der Waals surface area contributed by atoms with Gasteiger partial charge in [0.15, 0.2) is 0 Å². The van der Waals surface area contributed by atoms with Crippen molar-refractivity contribution in [1.29, 1.82) is 0 Å². The summed E-state index contributed by atoms with van der Waals surface area (Å²) in [7, 11) is 0. The lowest BCUT2D eigenvalue weighted by molar-refractivity contribution is 0.451. The zero-order chi connectivity index (χ0) is 13.8. The number of rotatable bonds is 4. The molecule has 0 spiro atoms. The lowest BCUT2D eigenvalue weighted by Gasteiger charge is -2.15. The molecule has 0 amide bonds. The Bertz CT molecular complexity index is 568. The van der Waals surface area contributed by atoms with Crippen LogP contribution < -0.4 is 4.74 Å². The van der Waals surface area contributed by atoms with Gasteiger partial charge in [-0.2, -0.15) is 0 Å². The summed E-state index contributed by atoms with van der Waals surface area (Å²) in [4.78, 5) is 4.29. The number of aryl methyl sites for hydroxylation is 1. The molecule has 0 bridgehead atoms. The van der Waals surface area contributed by atoms with Crippen molar-refractivity contribution in [3.05, 3.63) is 52.1 Å². The maximum Gasteiger partial charge on any atom is 0.219 e. The Morgan fingerprint density at radius 2 is 2.05 bits per heavy atom. The molecule has 1 heterocycles. The van der Waals surface area contributed by atoms with Gasteiger partial charge in [0.1, 0.15) is 5.75 Å². The van der Waals surface area contributed by atoms with Crippen LogP contribution in [-0.4, -0.2) is 4.98 Å². The number of aromatic nitrogens is 1. The second-order valence-corrected chi connectivity index (χ2v) is 5.58. The first-order valence-corrected chi connectivity index (χ1v) is 7.30. The van der Waals surface area contributed by atoms with E-state index in [4.69, 9.17) is 4.74 Å². The molecule has 1 unspecified atom stereocenters.